The third kappa shape index (κ3) is 4.46. The van der Waals surface area contributed by atoms with Gasteiger partial charge in [0.1, 0.15) is 0 Å². The Kier molecular flexibility index (Phi) is 5.06. The minimum atomic E-state index is 0.528. The van der Waals surface area contributed by atoms with Crippen LogP contribution in [0, 0.1) is 0 Å². The average Bonchev–Trinajstić information content (AvgIpc) is 2.98. The van der Waals surface area contributed by atoms with Crippen LogP contribution in [0.4, 0.5) is 0 Å². The Labute approximate surface area is 122 Å². The zero-order valence-corrected chi connectivity index (χ0v) is 12.2. The number of hydrogen-bond donors (Lipinski definition) is 2. The minimum absolute atomic E-state index is 0.528. The van der Waals surface area contributed by atoms with Gasteiger partial charge in [0.2, 0.25) is 0 Å². The van der Waals surface area contributed by atoms with E-state index in [9.17, 15) is 0 Å². The molecule has 0 saturated heterocycles. The van der Waals surface area contributed by atoms with Crippen molar-refractivity contribution >= 4 is 34.4 Å². The first kappa shape index (κ1) is 13.7. The molecule has 0 radical (unpaired) electrons. The predicted molar refractivity (Wildman–Crippen MR) is 85.5 cm³/mol. The number of hydrazone groups is 1. The van der Waals surface area contributed by atoms with Gasteiger partial charge in [-0.05, 0) is 36.2 Å². The van der Waals surface area contributed by atoms with E-state index in [4.69, 9.17) is 12.2 Å². The molecule has 0 amide bonds. The maximum absolute atomic E-state index is 5.18. The Morgan fingerprint density at radius 3 is 2.68 bits per heavy atom. The molecule has 19 heavy (non-hydrogen) atoms. The fraction of sp³-hybridized carbons (Fsp3) is 0.143. The average molecular weight is 289 g/mol. The maximum Gasteiger partial charge on any atom is 0.187 e. The molecule has 0 unspecified atom stereocenters. The topological polar surface area (TPSA) is 36.4 Å². The Bertz CT molecular complexity index is 547. The molecule has 2 aromatic rings. The van der Waals surface area contributed by atoms with Crippen molar-refractivity contribution in [3.8, 4) is 0 Å². The predicted octanol–water partition coefficient (Wildman–Crippen LogP) is 3.14. The normalized spacial score (nSPS) is 11.1. The van der Waals surface area contributed by atoms with E-state index >= 15 is 0 Å². The first-order chi connectivity index (χ1) is 9.25. The van der Waals surface area contributed by atoms with E-state index < -0.39 is 0 Å². The first-order valence-corrected chi connectivity index (χ1v) is 7.20. The third-order valence-corrected chi connectivity index (χ3v) is 3.71. The van der Waals surface area contributed by atoms with Gasteiger partial charge in [-0.25, -0.2) is 0 Å². The van der Waals surface area contributed by atoms with E-state index in [1.807, 2.05) is 42.6 Å². The highest BCUT2D eigenvalue weighted by Crippen LogP contribution is 2.09. The second kappa shape index (κ2) is 7.01. The van der Waals surface area contributed by atoms with E-state index in [0.717, 1.165) is 10.6 Å². The molecule has 0 fully saturated rings. The smallest absolute Gasteiger partial charge is 0.187 e. The van der Waals surface area contributed by atoms with Crippen molar-refractivity contribution in [1.29, 1.82) is 0 Å². The molecule has 0 aliphatic carbocycles. The van der Waals surface area contributed by atoms with E-state index in [2.05, 4.69) is 28.0 Å². The molecule has 0 aliphatic rings. The summed E-state index contributed by atoms with van der Waals surface area (Å²) in [4.78, 5) is 1.14. The van der Waals surface area contributed by atoms with Crippen LogP contribution in [0.15, 0.2) is 52.9 Å². The number of benzene rings is 1. The Morgan fingerprint density at radius 1 is 1.21 bits per heavy atom. The molecule has 2 rings (SSSR count). The molecule has 3 nitrogen and oxygen atoms in total. The lowest BCUT2D eigenvalue weighted by atomic mass is 10.2. The highest BCUT2D eigenvalue weighted by Gasteiger charge is 1.99. The lowest BCUT2D eigenvalue weighted by Gasteiger charge is -2.07. The first-order valence-electron chi connectivity index (χ1n) is 5.91. The Morgan fingerprint density at radius 2 is 2.00 bits per heavy atom. The van der Waals surface area contributed by atoms with Gasteiger partial charge in [0, 0.05) is 11.4 Å². The fourth-order valence-electron chi connectivity index (χ4n) is 1.49. The summed E-state index contributed by atoms with van der Waals surface area (Å²) in [6, 6.07) is 14.1. The van der Waals surface area contributed by atoms with Gasteiger partial charge in [0.25, 0.3) is 0 Å². The van der Waals surface area contributed by atoms with Crippen LogP contribution >= 0.6 is 23.6 Å². The van der Waals surface area contributed by atoms with Crippen molar-refractivity contribution in [3.05, 3.63) is 58.3 Å². The molecular weight excluding hydrogens is 274 g/mol. The molecular formula is C14H15N3S2. The highest BCUT2D eigenvalue weighted by molar-refractivity contribution is 7.80. The van der Waals surface area contributed by atoms with Gasteiger partial charge in [-0.1, -0.05) is 36.4 Å². The number of thiophene rings is 1. The van der Waals surface area contributed by atoms with Crippen LogP contribution in [0.2, 0.25) is 0 Å². The van der Waals surface area contributed by atoms with Gasteiger partial charge in [-0.15, -0.1) is 11.3 Å². The van der Waals surface area contributed by atoms with Gasteiger partial charge < -0.3 is 5.32 Å². The summed E-state index contributed by atoms with van der Waals surface area (Å²) in [5.41, 5.74) is 4.97. The molecule has 0 aliphatic heterocycles. The SMILES string of the molecule is C/C(=N\NC(=S)NCc1ccccc1)c1cccs1. The fourth-order valence-corrected chi connectivity index (χ4v) is 2.29. The maximum atomic E-state index is 5.18. The van der Waals surface area contributed by atoms with Crippen LogP contribution < -0.4 is 10.7 Å². The van der Waals surface area contributed by atoms with E-state index in [0.29, 0.717) is 11.7 Å². The van der Waals surface area contributed by atoms with Crippen molar-refractivity contribution in [2.24, 2.45) is 5.10 Å². The molecule has 5 heteroatoms. The van der Waals surface area contributed by atoms with Crippen molar-refractivity contribution in [2.75, 3.05) is 0 Å². The van der Waals surface area contributed by atoms with Gasteiger partial charge in [0.15, 0.2) is 5.11 Å². The molecule has 98 valence electrons. The van der Waals surface area contributed by atoms with Gasteiger partial charge in [-0.3, -0.25) is 5.43 Å². The summed E-state index contributed by atoms with van der Waals surface area (Å²) in [5.74, 6) is 0. The minimum Gasteiger partial charge on any atom is -0.357 e. The zero-order chi connectivity index (χ0) is 13.5. The zero-order valence-electron chi connectivity index (χ0n) is 10.6. The van der Waals surface area contributed by atoms with Crippen molar-refractivity contribution in [2.45, 2.75) is 13.5 Å². The van der Waals surface area contributed by atoms with Crippen LogP contribution in [-0.2, 0) is 6.54 Å². The van der Waals surface area contributed by atoms with Gasteiger partial charge in [0.05, 0.1) is 5.71 Å². The molecule has 0 atom stereocenters. The van der Waals surface area contributed by atoms with E-state index in [1.54, 1.807) is 11.3 Å². The monoisotopic (exact) mass is 289 g/mol. The largest absolute Gasteiger partial charge is 0.357 e. The molecule has 1 aromatic heterocycles. The Balaban J connectivity index is 1.80. The molecule has 0 bridgehead atoms. The van der Waals surface area contributed by atoms with E-state index in [1.165, 1.54) is 5.56 Å². The third-order valence-electron chi connectivity index (χ3n) is 2.50. The second-order valence-electron chi connectivity index (χ2n) is 3.95. The summed E-state index contributed by atoms with van der Waals surface area (Å²) < 4.78 is 0. The van der Waals surface area contributed by atoms with Gasteiger partial charge in [-0.2, -0.15) is 5.10 Å². The Hall–Kier alpha value is -1.72. The molecule has 2 N–H and O–H groups in total. The number of nitrogens with zero attached hydrogens (tertiary/aromatic N) is 1. The van der Waals surface area contributed by atoms with Crippen molar-refractivity contribution in [3.63, 3.8) is 0 Å². The molecule has 1 heterocycles. The van der Waals surface area contributed by atoms with Crippen molar-refractivity contribution in [1.82, 2.24) is 10.7 Å². The molecule has 0 saturated carbocycles. The summed E-state index contributed by atoms with van der Waals surface area (Å²) in [6.45, 7) is 2.65. The van der Waals surface area contributed by atoms with Gasteiger partial charge >= 0.3 is 0 Å². The lowest BCUT2D eigenvalue weighted by Crippen LogP contribution is -2.32. The molecule has 0 spiro atoms. The summed E-state index contributed by atoms with van der Waals surface area (Å²) in [5, 5.41) is 9.92. The highest BCUT2D eigenvalue weighted by atomic mass is 32.1. The quantitative estimate of drug-likeness (QED) is 0.516. The van der Waals surface area contributed by atoms with Crippen LogP contribution in [0.1, 0.15) is 17.4 Å². The lowest BCUT2D eigenvalue weighted by molar-refractivity contribution is 0.867. The number of rotatable bonds is 4. The second-order valence-corrected chi connectivity index (χ2v) is 5.31. The van der Waals surface area contributed by atoms with Crippen LogP contribution in [0.5, 0.6) is 0 Å². The summed E-state index contributed by atoms with van der Waals surface area (Å²) in [6.07, 6.45) is 0. The molecule has 1 aromatic carbocycles. The number of nitrogens with one attached hydrogen (secondary N) is 2. The van der Waals surface area contributed by atoms with Crippen LogP contribution in [0.3, 0.4) is 0 Å². The van der Waals surface area contributed by atoms with Crippen LogP contribution in [-0.4, -0.2) is 10.8 Å². The number of thiocarbonyl (C=S) groups is 1. The van der Waals surface area contributed by atoms with Crippen LogP contribution in [0.25, 0.3) is 0 Å². The standard InChI is InChI=1S/C14H15N3S2/c1-11(13-8-5-9-19-13)16-17-14(18)15-10-12-6-3-2-4-7-12/h2-9H,10H2,1H3,(H2,15,17,18)/b16-11+. The van der Waals surface area contributed by atoms with Crippen molar-refractivity contribution < 1.29 is 0 Å². The summed E-state index contributed by atoms with van der Waals surface area (Å²) >= 11 is 6.83. The van der Waals surface area contributed by atoms with E-state index in [-0.39, 0.29) is 0 Å². The summed E-state index contributed by atoms with van der Waals surface area (Å²) in [7, 11) is 0. The number of hydrogen-bond acceptors (Lipinski definition) is 3.